The third kappa shape index (κ3) is 3.94. The van der Waals surface area contributed by atoms with Crippen molar-refractivity contribution in [1.82, 2.24) is 4.90 Å². The fraction of sp³-hybridized carbons (Fsp3) is 0.0952. The van der Waals surface area contributed by atoms with Crippen molar-refractivity contribution in [2.45, 2.75) is 6.54 Å². The fourth-order valence-electron chi connectivity index (χ4n) is 2.99. The standard InChI is InChI=1S/C21H13N3O6S/c22-9-13-5-7-31-18(13)23-17(25)11-30-21(28)12-3-4-15-16(8-12)20(27)24(19(15)26)10-14-2-1-6-29-14/h1-8H,10-11H2,(H,23,25). The monoisotopic (exact) mass is 435 g/mol. The number of furan rings is 1. The Morgan fingerprint density at radius 3 is 2.71 bits per heavy atom. The van der Waals surface area contributed by atoms with E-state index in [1.54, 1.807) is 23.6 Å². The van der Waals surface area contributed by atoms with Crippen LogP contribution < -0.4 is 5.32 Å². The lowest BCUT2D eigenvalue weighted by Gasteiger charge is -2.11. The summed E-state index contributed by atoms with van der Waals surface area (Å²) in [7, 11) is 0. The molecule has 4 rings (SSSR count). The highest BCUT2D eigenvalue weighted by Crippen LogP contribution is 2.26. The van der Waals surface area contributed by atoms with Gasteiger partial charge in [-0.25, -0.2) is 4.79 Å². The van der Waals surface area contributed by atoms with Crippen LogP contribution in [0.25, 0.3) is 0 Å². The van der Waals surface area contributed by atoms with E-state index in [1.165, 1.54) is 35.8 Å². The zero-order valence-corrected chi connectivity index (χ0v) is 16.6. The first-order valence-electron chi connectivity index (χ1n) is 8.95. The van der Waals surface area contributed by atoms with E-state index in [0.29, 0.717) is 16.3 Å². The molecular weight excluding hydrogens is 422 g/mol. The van der Waals surface area contributed by atoms with Gasteiger partial charge in [0.15, 0.2) is 6.61 Å². The zero-order valence-electron chi connectivity index (χ0n) is 15.8. The molecule has 1 aliphatic rings. The van der Waals surface area contributed by atoms with Crippen molar-refractivity contribution >= 4 is 40.0 Å². The maximum atomic E-state index is 12.6. The molecule has 1 aliphatic heterocycles. The second-order valence-electron chi connectivity index (χ2n) is 6.44. The first kappa shape index (κ1) is 20.1. The number of amides is 3. The quantitative estimate of drug-likeness (QED) is 0.465. The van der Waals surface area contributed by atoms with Crippen molar-refractivity contribution in [2.24, 2.45) is 0 Å². The Balaban J connectivity index is 1.41. The number of hydrogen-bond donors (Lipinski definition) is 1. The SMILES string of the molecule is N#Cc1ccsc1NC(=O)COC(=O)c1ccc2c(c1)C(=O)N(Cc1ccco1)C2=O. The predicted octanol–water partition coefficient (Wildman–Crippen LogP) is 2.80. The van der Waals surface area contributed by atoms with Crippen LogP contribution in [0.15, 0.2) is 52.5 Å². The average molecular weight is 435 g/mol. The Labute approximate surface area is 179 Å². The molecule has 2 aromatic heterocycles. The molecule has 0 bridgehead atoms. The molecule has 3 amide bonds. The Hall–Kier alpha value is -4.23. The van der Waals surface area contributed by atoms with Crippen LogP contribution in [0.1, 0.15) is 42.4 Å². The van der Waals surface area contributed by atoms with Gasteiger partial charge >= 0.3 is 5.97 Å². The summed E-state index contributed by atoms with van der Waals surface area (Å²) in [4.78, 5) is 50.5. The molecule has 0 saturated heterocycles. The van der Waals surface area contributed by atoms with Crippen molar-refractivity contribution in [3.05, 3.63) is 76.1 Å². The minimum absolute atomic E-state index is 0.0211. The molecular formula is C21H13N3O6S. The van der Waals surface area contributed by atoms with E-state index in [9.17, 15) is 19.2 Å². The van der Waals surface area contributed by atoms with Gasteiger partial charge in [-0.1, -0.05) is 0 Å². The van der Waals surface area contributed by atoms with Crippen LogP contribution in [0.5, 0.6) is 0 Å². The summed E-state index contributed by atoms with van der Waals surface area (Å²) < 4.78 is 10.2. The highest BCUT2D eigenvalue weighted by Gasteiger charge is 2.36. The Morgan fingerprint density at radius 2 is 1.97 bits per heavy atom. The van der Waals surface area contributed by atoms with Gasteiger partial charge in [-0.3, -0.25) is 19.3 Å². The van der Waals surface area contributed by atoms with Crippen LogP contribution in [0.4, 0.5) is 5.00 Å². The van der Waals surface area contributed by atoms with Gasteiger partial charge in [0.2, 0.25) is 0 Å². The van der Waals surface area contributed by atoms with Gasteiger partial charge in [-0.2, -0.15) is 5.26 Å². The van der Waals surface area contributed by atoms with E-state index in [1.807, 2.05) is 6.07 Å². The zero-order chi connectivity index (χ0) is 22.0. The number of carbonyl (C=O) groups excluding carboxylic acids is 4. The van der Waals surface area contributed by atoms with Gasteiger partial charge in [-0.15, -0.1) is 11.3 Å². The van der Waals surface area contributed by atoms with E-state index < -0.39 is 30.3 Å². The van der Waals surface area contributed by atoms with Crippen molar-refractivity contribution < 1.29 is 28.3 Å². The molecule has 0 atom stereocenters. The Bertz CT molecular complexity index is 1240. The number of anilines is 1. The molecule has 1 N–H and O–H groups in total. The van der Waals surface area contributed by atoms with Crippen LogP contribution in [0, 0.1) is 11.3 Å². The molecule has 0 saturated carbocycles. The number of nitrogens with one attached hydrogen (secondary N) is 1. The summed E-state index contributed by atoms with van der Waals surface area (Å²) in [5.41, 5.74) is 0.590. The number of nitrogens with zero attached hydrogens (tertiary/aromatic N) is 2. The number of carbonyl (C=O) groups is 4. The maximum Gasteiger partial charge on any atom is 0.338 e. The van der Waals surface area contributed by atoms with Crippen molar-refractivity contribution in [1.29, 1.82) is 5.26 Å². The molecule has 10 heteroatoms. The molecule has 0 aliphatic carbocycles. The third-order valence-corrected chi connectivity index (χ3v) is 5.30. The van der Waals surface area contributed by atoms with Crippen molar-refractivity contribution in [2.75, 3.05) is 11.9 Å². The Kier molecular flexibility index (Phi) is 5.34. The van der Waals surface area contributed by atoms with Crippen LogP contribution in [0.2, 0.25) is 0 Å². The molecule has 1 aromatic carbocycles. The smallest absolute Gasteiger partial charge is 0.338 e. The third-order valence-electron chi connectivity index (χ3n) is 4.47. The second-order valence-corrected chi connectivity index (χ2v) is 7.35. The van der Waals surface area contributed by atoms with Gasteiger partial charge in [0.05, 0.1) is 35.1 Å². The highest BCUT2D eigenvalue weighted by molar-refractivity contribution is 7.14. The molecule has 9 nitrogen and oxygen atoms in total. The lowest BCUT2D eigenvalue weighted by atomic mass is 10.1. The molecule has 3 heterocycles. The lowest BCUT2D eigenvalue weighted by Crippen LogP contribution is -2.28. The van der Waals surface area contributed by atoms with Gasteiger partial charge in [0.1, 0.15) is 16.8 Å². The number of nitriles is 1. The summed E-state index contributed by atoms with van der Waals surface area (Å²) in [6.07, 6.45) is 1.44. The molecule has 31 heavy (non-hydrogen) atoms. The summed E-state index contributed by atoms with van der Waals surface area (Å²) in [6.45, 7) is -0.594. The van der Waals surface area contributed by atoms with E-state index in [2.05, 4.69) is 5.32 Å². The van der Waals surface area contributed by atoms with E-state index in [0.717, 1.165) is 4.90 Å². The number of fused-ring (bicyclic) bond motifs is 1. The van der Waals surface area contributed by atoms with E-state index in [-0.39, 0.29) is 23.2 Å². The summed E-state index contributed by atoms with van der Waals surface area (Å²) in [6, 6.07) is 10.8. The topological polar surface area (TPSA) is 130 Å². The predicted molar refractivity (Wildman–Crippen MR) is 107 cm³/mol. The molecule has 0 spiro atoms. The van der Waals surface area contributed by atoms with Gasteiger partial charge in [0.25, 0.3) is 17.7 Å². The number of esters is 1. The molecule has 3 aromatic rings. The molecule has 0 unspecified atom stereocenters. The number of hydrogen-bond acceptors (Lipinski definition) is 8. The van der Waals surface area contributed by atoms with E-state index >= 15 is 0 Å². The number of ether oxygens (including phenoxy) is 1. The first-order valence-corrected chi connectivity index (χ1v) is 9.83. The molecule has 0 fully saturated rings. The molecule has 154 valence electrons. The van der Waals surface area contributed by atoms with E-state index in [4.69, 9.17) is 14.4 Å². The average Bonchev–Trinajstić information content (AvgIpc) is 3.50. The number of imide groups is 1. The summed E-state index contributed by atoms with van der Waals surface area (Å²) >= 11 is 1.17. The normalized spacial score (nSPS) is 12.4. The fourth-order valence-corrected chi connectivity index (χ4v) is 3.74. The second kappa shape index (κ2) is 8.25. The van der Waals surface area contributed by atoms with Crippen molar-refractivity contribution in [3.63, 3.8) is 0 Å². The minimum Gasteiger partial charge on any atom is -0.467 e. The first-order chi connectivity index (χ1) is 15.0. The van der Waals surface area contributed by atoms with Crippen LogP contribution in [-0.2, 0) is 16.1 Å². The Morgan fingerprint density at radius 1 is 1.16 bits per heavy atom. The van der Waals surface area contributed by atoms with Gasteiger partial charge in [0, 0.05) is 0 Å². The number of benzene rings is 1. The number of rotatable bonds is 6. The molecule has 0 radical (unpaired) electrons. The van der Waals surface area contributed by atoms with Crippen LogP contribution in [-0.4, -0.2) is 35.2 Å². The summed E-state index contributed by atoms with van der Waals surface area (Å²) in [5, 5.41) is 13.5. The van der Waals surface area contributed by atoms with Gasteiger partial charge < -0.3 is 14.5 Å². The van der Waals surface area contributed by atoms with Crippen LogP contribution >= 0.6 is 11.3 Å². The largest absolute Gasteiger partial charge is 0.467 e. The maximum absolute atomic E-state index is 12.6. The lowest BCUT2D eigenvalue weighted by molar-refractivity contribution is -0.119. The van der Waals surface area contributed by atoms with Gasteiger partial charge in [-0.05, 0) is 41.8 Å². The number of thiophene rings is 1. The summed E-state index contributed by atoms with van der Waals surface area (Å²) in [5.74, 6) is -2.02. The van der Waals surface area contributed by atoms with Crippen molar-refractivity contribution in [3.8, 4) is 6.07 Å². The van der Waals surface area contributed by atoms with Crippen LogP contribution in [0.3, 0.4) is 0 Å². The minimum atomic E-state index is -0.825. The highest BCUT2D eigenvalue weighted by atomic mass is 32.1.